The summed E-state index contributed by atoms with van der Waals surface area (Å²) in [6, 6.07) is 4.67. The van der Waals surface area contributed by atoms with Crippen molar-refractivity contribution in [1.82, 2.24) is 0 Å². The van der Waals surface area contributed by atoms with E-state index in [1.807, 2.05) is 0 Å². The van der Waals surface area contributed by atoms with Crippen LogP contribution in [0.1, 0.15) is 44.1 Å². The zero-order chi connectivity index (χ0) is 13.5. The zero-order valence-corrected chi connectivity index (χ0v) is 11.0. The first kappa shape index (κ1) is 13.9. The molecule has 1 saturated carbocycles. The molecule has 0 heterocycles. The van der Waals surface area contributed by atoms with Gasteiger partial charge in [0.15, 0.2) is 11.6 Å². The third kappa shape index (κ3) is 4.25. The van der Waals surface area contributed by atoms with Gasteiger partial charge in [-0.3, -0.25) is 0 Å². The molecule has 1 aromatic carbocycles. The lowest BCUT2D eigenvalue weighted by molar-refractivity contribution is 0.148. The fourth-order valence-electron chi connectivity index (χ4n) is 2.25. The van der Waals surface area contributed by atoms with Crippen molar-refractivity contribution >= 4 is 0 Å². The van der Waals surface area contributed by atoms with Crippen molar-refractivity contribution in [2.24, 2.45) is 0 Å². The van der Waals surface area contributed by atoms with E-state index in [4.69, 9.17) is 9.84 Å². The lowest BCUT2D eigenvalue weighted by Gasteiger charge is -2.23. The van der Waals surface area contributed by atoms with Gasteiger partial charge in [0.25, 0.3) is 0 Å². The van der Waals surface area contributed by atoms with E-state index in [9.17, 15) is 4.39 Å². The van der Waals surface area contributed by atoms with E-state index >= 15 is 0 Å². The van der Waals surface area contributed by atoms with Gasteiger partial charge in [-0.05, 0) is 43.9 Å². The number of rotatable bonds is 3. The maximum Gasteiger partial charge on any atom is 0.165 e. The Kier molecular flexibility index (Phi) is 5.23. The quantitative estimate of drug-likeness (QED) is 0.847. The minimum atomic E-state index is -0.335. The number of halogens is 1. The highest BCUT2D eigenvalue weighted by molar-refractivity contribution is 5.40. The monoisotopic (exact) mass is 262 g/mol. The molecule has 0 unspecified atom stereocenters. The lowest BCUT2D eigenvalue weighted by Crippen LogP contribution is -2.20. The highest BCUT2D eigenvalue weighted by Crippen LogP contribution is 2.26. The minimum absolute atomic E-state index is 0.0413. The molecule has 0 saturated heterocycles. The van der Waals surface area contributed by atoms with Gasteiger partial charge in [0.05, 0.1) is 12.7 Å². The summed E-state index contributed by atoms with van der Waals surface area (Å²) in [4.78, 5) is 0. The molecule has 0 atom stereocenters. The van der Waals surface area contributed by atoms with Crippen molar-refractivity contribution in [3.8, 4) is 17.6 Å². The first-order valence-electron chi connectivity index (χ1n) is 6.85. The molecule has 1 N–H and O–H groups in total. The topological polar surface area (TPSA) is 29.5 Å². The van der Waals surface area contributed by atoms with Crippen molar-refractivity contribution in [2.75, 3.05) is 6.61 Å². The average Bonchev–Trinajstić information content (AvgIpc) is 2.44. The Morgan fingerprint density at radius 1 is 1.26 bits per heavy atom. The van der Waals surface area contributed by atoms with Gasteiger partial charge in [-0.15, -0.1) is 0 Å². The molecule has 0 aromatic heterocycles. The van der Waals surface area contributed by atoms with Crippen LogP contribution in [0.2, 0.25) is 0 Å². The number of hydrogen-bond donors (Lipinski definition) is 1. The van der Waals surface area contributed by atoms with Crippen LogP contribution in [-0.2, 0) is 0 Å². The van der Waals surface area contributed by atoms with Crippen LogP contribution in [0, 0.1) is 17.7 Å². The van der Waals surface area contributed by atoms with Gasteiger partial charge in [0.2, 0.25) is 0 Å². The molecule has 0 radical (unpaired) electrons. The van der Waals surface area contributed by atoms with E-state index in [1.165, 1.54) is 12.5 Å². The van der Waals surface area contributed by atoms with Crippen LogP contribution in [0.15, 0.2) is 18.2 Å². The molecule has 3 heteroatoms. The number of aliphatic hydroxyl groups is 1. The van der Waals surface area contributed by atoms with Gasteiger partial charge >= 0.3 is 0 Å². The van der Waals surface area contributed by atoms with Crippen LogP contribution in [0.5, 0.6) is 5.75 Å². The second kappa shape index (κ2) is 7.16. The summed E-state index contributed by atoms with van der Waals surface area (Å²) >= 11 is 0. The Hall–Kier alpha value is -1.53. The molecule has 0 amide bonds. The highest BCUT2D eigenvalue weighted by Gasteiger charge is 2.16. The molecule has 1 aromatic rings. The molecule has 1 aliphatic carbocycles. The fourth-order valence-corrected chi connectivity index (χ4v) is 2.25. The summed E-state index contributed by atoms with van der Waals surface area (Å²) in [7, 11) is 0. The van der Waals surface area contributed by atoms with E-state index < -0.39 is 0 Å². The van der Waals surface area contributed by atoms with Crippen LogP contribution >= 0.6 is 0 Å². The van der Waals surface area contributed by atoms with Crippen molar-refractivity contribution in [1.29, 1.82) is 0 Å². The standard InChI is InChI=1S/C16H19FO2/c17-15-10-9-13(6-4-5-11-18)12-16(15)19-14-7-2-1-3-8-14/h9-10,12,14,18H,1-3,5,7-8,11H2. The molecule has 2 nitrogen and oxygen atoms in total. The van der Waals surface area contributed by atoms with Crippen molar-refractivity contribution in [3.63, 3.8) is 0 Å². The fraction of sp³-hybridized carbons (Fsp3) is 0.500. The predicted molar refractivity (Wildman–Crippen MR) is 72.5 cm³/mol. The first-order valence-corrected chi connectivity index (χ1v) is 6.85. The summed E-state index contributed by atoms with van der Waals surface area (Å²) in [5, 5.41) is 8.67. The summed E-state index contributed by atoms with van der Waals surface area (Å²) in [5.74, 6) is 5.68. The van der Waals surface area contributed by atoms with Crippen molar-refractivity contribution in [3.05, 3.63) is 29.6 Å². The molecule has 1 aliphatic rings. The van der Waals surface area contributed by atoms with Crippen LogP contribution in [0.3, 0.4) is 0 Å². The van der Waals surface area contributed by atoms with E-state index in [2.05, 4.69) is 11.8 Å². The van der Waals surface area contributed by atoms with E-state index in [0.29, 0.717) is 12.2 Å². The van der Waals surface area contributed by atoms with E-state index in [-0.39, 0.29) is 18.5 Å². The second-order valence-corrected chi connectivity index (χ2v) is 4.80. The summed E-state index contributed by atoms with van der Waals surface area (Å²) < 4.78 is 19.4. The molecule has 0 aliphatic heterocycles. The molecular weight excluding hydrogens is 243 g/mol. The van der Waals surface area contributed by atoms with Crippen molar-refractivity contribution in [2.45, 2.75) is 44.6 Å². The summed E-state index contributed by atoms with van der Waals surface area (Å²) in [6.45, 7) is 0.0413. The maximum atomic E-state index is 13.7. The predicted octanol–water partition coefficient (Wildman–Crippen LogP) is 3.27. The van der Waals surface area contributed by atoms with Crippen LogP contribution in [0.4, 0.5) is 4.39 Å². The van der Waals surface area contributed by atoms with Gasteiger partial charge in [0.1, 0.15) is 0 Å². The normalized spacial score (nSPS) is 15.7. The molecule has 102 valence electrons. The molecule has 0 bridgehead atoms. The maximum absolute atomic E-state index is 13.7. The third-order valence-electron chi connectivity index (χ3n) is 3.25. The number of benzene rings is 1. The van der Waals surface area contributed by atoms with E-state index in [1.54, 1.807) is 12.1 Å². The van der Waals surface area contributed by atoms with Gasteiger partial charge in [-0.2, -0.15) is 0 Å². The third-order valence-corrected chi connectivity index (χ3v) is 3.25. The number of aliphatic hydroxyl groups excluding tert-OH is 1. The molecule has 2 rings (SSSR count). The SMILES string of the molecule is OCCC#Cc1ccc(F)c(OC2CCCCC2)c1. The van der Waals surface area contributed by atoms with Gasteiger partial charge in [-0.25, -0.2) is 4.39 Å². The molecular formula is C16H19FO2. The van der Waals surface area contributed by atoms with Gasteiger partial charge < -0.3 is 9.84 Å². The number of hydrogen-bond acceptors (Lipinski definition) is 2. The van der Waals surface area contributed by atoms with Crippen LogP contribution in [0.25, 0.3) is 0 Å². The Balaban J connectivity index is 2.06. The van der Waals surface area contributed by atoms with Crippen molar-refractivity contribution < 1.29 is 14.2 Å². The Morgan fingerprint density at radius 3 is 2.79 bits per heavy atom. The van der Waals surface area contributed by atoms with Gasteiger partial charge in [-0.1, -0.05) is 18.3 Å². The Morgan fingerprint density at radius 2 is 2.05 bits per heavy atom. The lowest BCUT2D eigenvalue weighted by atomic mass is 9.98. The Bertz CT molecular complexity index is 467. The second-order valence-electron chi connectivity index (χ2n) is 4.80. The highest BCUT2D eigenvalue weighted by atomic mass is 19.1. The summed E-state index contributed by atoms with van der Waals surface area (Å²) in [6.07, 6.45) is 6.11. The number of ether oxygens (including phenoxy) is 1. The smallest absolute Gasteiger partial charge is 0.165 e. The zero-order valence-electron chi connectivity index (χ0n) is 11.0. The van der Waals surface area contributed by atoms with Crippen LogP contribution < -0.4 is 4.74 Å². The first-order chi connectivity index (χ1) is 9.29. The minimum Gasteiger partial charge on any atom is -0.487 e. The Labute approximate surface area is 113 Å². The van der Waals surface area contributed by atoms with Crippen LogP contribution in [-0.4, -0.2) is 17.8 Å². The average molecular weight is 262 g/mol. The van der Waals surface area contributed by atoms with Gasteiger partial charge in [0, 0.05) is 12.0 Å². The van der Waals surface area contributed by atoms with E-state index in [0.717, 1.165) is 31.2 Å². The summed E-state index contributed by atoms with van der Waals surface area (Å²) in [5.41, 5.74) is 0.723. The largest absolute Gasteiger partial charge is 0.487 e. The molecule has 19 heavy (non-hydrogen) atoms. The molecule has 0 spiro atoms. The molecule has 1 fully saturated rings.